The van der Waals surface area contributed by atoms with E-state index < -0.39 is 11.4 Å². The third-order valence-electron chi connectivity index (χ3n) is 1.17. The molecule has 1 atom stereocenters. The van der Waals surface area contributed by atoms with Crippen molar-refractivity contribution in [2.45, 2.75) is 0 Å². The van der Waals surface area contributed by atoms with Gasteiger partial charge in [0.25, 0.3) is 0 Å². The first-order valence-corrected chi connectivity index (χ1v) is 4.65. The molecule has 0 fully saturated rings. The van der Waals surface area contributed by atoms with Crippen LogP contribution in [0.15, 0.2) is 36.4 Å². The number of hydrogen-bond acceptors (Lipinski definition) is 3. The Balaban J connectivity index is 0. The number of hydrogen-bond donors (Lipinski definition) is 1. The van der Waals surface area contributed by atoms with Crippen LogP contribution >= 0.6 is 0 Å². The quantitative estimate of drug-likeness (QED) is 0.286. The number of allylic oxidation sites excluding steroid dienone is 1. The predicted molar refractivity (Wildman–Crippen MR) is 53.1 cm³/mol. The van der Waals surface area contributed by atoms with E-state index in [0.29, 0.717) is 0 Å². The first-order chi connectivity index (χ1) is 6.66. The van der Waals surface area contributed by atoms with Gasteiger partial charge in [0.15, 0.2) is 0 Å². The normalized spacial score (nSPS) is 10.8. The Morgan fingerprint density at radius 3 is 2.13 bits per heavy atom. The van der Waals surface area contributed by atoms with Gasteiger partial charge in [0.05, 0.1) is 11.4 Å². The molecule has 0 aliphatic heterocycles. The summed E-state index contributed by atoms with van der Waals surface area (Å²) in [5.41, 5.74) is 1.05. The zero-order valence-electron chi connectivity index (χ0n) is 8.20. The summed E-state index contributed by atoms with van der Waals surface area (Å²) in [6.45, 7) is 0. The average Bonchev–Trinajstić information content (AvgIpc) is 2.15. The zero-order valence-corrected chi connectivity index (χ0v) is 11.0. The van der Waals surface area contributed by atoms with E-state index in [9.17, 15) is 4.79 Å². The molecule has 0 aliphatic carbocycles. The van der Waals surface area contributed by atoms with Crippen molar-refractivity contribution in [3.8, 4) is 0 Å². The number of benzene rings is 1. The van der Waals surface area contributed by atoms with Gasteiger partial charge in [-0.2, -0.15) is 0 Å². The van der Waals surface area contributed by atoms with Crippen molar-refractivity contribution in [2.24, 2.45) is 0 Å². The van der Waals surface area contributed by atoms with Gasteiger partial charge in [-0.15, -0.1) is 0 Å². The summed E-state index contributed by atoms with van der Waals surface area (Å²) in [7, 11) is 0. The van der Waals surface area contributed by atoms with Gasteiger partial charge >= 0.3 is 29.6 Å². The van der Waals surface area contributed by atoms with E-state index in [1.165, 1.54) is 6.08 Å². The number of aldehydes is 1. The summed E-state index contributed by atoms with van der Waals surface area (Å²) >= 11 is -2.86. The summed E-state index contributed by atoms with van der Waals surface area (Å²) in [6.07, 6.45) is 4.02. The van der Waals surface area contributed by atoms with Crippen LogP contribution in [-0.2, 0) is 16.2 Å². The van der Waals surface area contributed by atoms with Crippen LogP contribution in [0.2, 0.25) is 0 Å². The summed E-state index contributed by atoms with van der Waals surface area (Å²) in [6, 6.07) is 9.70. The van der Waals surface area contributed by atoms with Gasteiger partial charge in [-0.1, -0.05) is 36.4 Å². The molecular formula is C9H9NaO4S. The Kier molecular flexibility index (Phi) is 13.4. The van der Waals surface area contributed by atoms with Crippen molar-refractivity contribution >= 4 is 23.7 Å². The maximum Gasteiger partial charge on any atom is 1.00 e. The molecule has 1 rings (SSSR count). The molecule has 1 N–H and O–H groups in total. The fourth-order valence-corrected chi connectivity index (χ4v) is 0.715. The minimum absolute atomic E-state index is 0. The van der Waals surface area contributed by atoms with Crippen LogP contribution in [0.4, 0.5) is 0 Å². The fourth-order valence-electron chi connectivity index (χ4n) is 0.715. The van der Waals surface area contributed by atoms with E-state index in [0.717, 1.165) is 11.8 Å². The van der Waals surface area contributed by atoms with E-state index in [4.69, 9.17) is 13.3 Å². The van der Waals surface area contributed by atoms with Crippen molar-refractivity contribution in [2.75, 3.05) is 0 Å². The molecule has 0 aromatic heterocycles. The number of carbonyl (C=O) groups is 1. The summed E-state index contributed by atoms with van der Waals surface area (Å²) in [5, 5.41) is 0. The minimum Gasteiger partial charge on any atom is -0.750 e. The number of carbonyl (C=O) groups excluding carboxylic acids is 1. The molecule has 0 heterocycles. The third-order valence-corrected chi connectivity index (χ3v) is 1.17. The molecule has 1 unspecified atom stereocenters. The van der Waals surface area contributed by atoms with E-state index in [1.54, 1.807) is 6.08 Å². The zero-order chi connectivity index (χ0) is 10.8. The second kappa shape index (κ2) is 11.8. The van der Waals surface area contributed by atoms with Crippen LogP contribution in [0.3, 0.4) is 0 Å². The Morgan fingerprint density at radius 1 is 1.27 bits per heavy atom. The van der Waals surface area contributed by atoms with Crippen molar-refractivity contribution in [3.05, 3.63) is 42.0 Å². The Morgan fingerprint density at radius 2 is 1.73 bits per heavy atom. The van der Waals surface area contributed by atoms with E-state index in [-0.39, 0.29) is 29.6 Å². The second-order valence-electron chi connectivity index (χ2n) is 2.12. The molecule has 0 bridgehead atoms. The molecule has 0 amide bonds. The first-order valence-electron chi connectivity index (χ1n) is 3.62. The van der Waals surface area contributed by atoms with Crippen LogP contribution in [-0.4, -0.2) is 19.6 Å². The largest absolute Gasteiger partial charge is 1.00 e. The summed E-state index contributed by atoms with van der Waals surface area (Å²) in [5.74, 6) is 0. The van der Waals surface area contributed by atoms with Gasteiger partial charge < -0.3 is 9.11 Å². The smallest absolute Gasteiger partial charge is 0.750 e. The van der Waals surface area contributed by atoms with Gasteiger partial charge in [0, 0.05) is 0 Å². The molecule has 0 aliphatic rings. The SMILES string of the molecule is O=CC=Cc1ccccc1.O=S([O-])O.[Na+]. The van der Waals surface area contributed by atoms with Crippen LogP contribution in [0, 0.1) is 0 Å². The van der Waals surface area contributed by atoms with Gasteiger partial charge in [0.2, 0.25) is 0 Å². The molecule has 15 heavy (non-hydrogen) atoms. The second-order valence-corrected chi connectivity index (χ2v) is 2.56. The molecule has 0 saturated heterocycles. The Labute approximate surface area is 113 Å². The van der Waals surface area contributed by atoms with E-state index >= 15 is 0 Å². The average molecular weight is 236 g/mol. The maximum atomic E-state index is 9.89. The van der Waals surface area contributed by atoms with Crippen LogP contribution in [0.1, 0.15) is 5.56 Å². The summed E-state index contributed by atoms with van der Waals surface area (Å²) in [4.78, 5) is 9.89. The van der Waals surface area contributed by atoms with Gasteiger partial charge in [0.1, 0.15) is 6.29 Å². The predicted octanol–water partition coefficient (Wildman–Crippen LogP) is -1.76. The molecule has 0 saturated carbocycles. The molecule has 1 aromatic carbocycles. The molecule has 0 spiro atoms. The van der Waals surface area contributed by atoms with Crippen molar-refractivity contribution in [1.29, 1.82) is 0 Å². The van der Waals surface area contributed by atoms with Gasteiger partial charge in [-0.25, -0.2) is 4.21 Å². The van der Waals surface area contributed by atoms with Crippen LogP contribution in [0.25, 0.3) is 6.08 Å². The Hall–Kier alpha value is -0.300. The van der Waals surface area contributed by atoms with E-state index in [2.05, 4.69) is 0 Å². The van der Waals surface area contributed by atoms with Gasteiger partial charge in [-0.3, -0.25) is 4.79 Å². The van der Waals surface area contributed by atoms with E-state index in [1.807, 2.05) is 30.3 Å². The Bertz CT molecular complexity index is 309. The molecule has 1 aromatic rings. The minimum atomic E-state index is -2.86. The van der Waals surface area contributed by atoms with Crippen molar-refractivity contribution < 1.29 is 47.7 Å². The molecule has 76 valence electrons. The van der Waals surface area contributed by atoms with Crippen LogP contribution in [0.5, 0.6) is 0 Å². The van der Waals surface area contributed by atoms with Crippen molar-refractivity contribution in [1.82, 2.24) is 0 Å². The molecule has 0 radical (unpaired) electrons. The topological polar surface area (TPSA) is 77.4 Å². The summed E-state index contributed by atoms with van der Waals surface area (Å²) < 4.78 is 24.1. The standard InChI is InChI=1S/C9H8O.Na.H2O3S/c10-8-4-7-9-5-2-1-3-6-9;;1-4(2)3/h1-8H;;(H2,1,2,3)/q;+1;/p-1. The number of rotatable bonds is 2. The molecular weight excluding hydrogens is 227 g/mol. The fraction of sp³-hybridized carbons (Fsp3) is 0. The molecule has 6 heteroatoms. The van der Waals surface area contributed by atoms with Crippen LogP contribution < -0.4 is 29.6 Å². The van der Waals surface area contributed by atoms with Crippen molar-refractivity contribution in [3.63, 3.8) is 0 Å². The monoisotopic (exact) mass is 236 g/mol. The van der Waals surface area contributed by atoms with Gasteiger partial charge in [-0.05, 0) is 11.6 Å². The molecule has 4 nitrogen and oxygen atoms in total. The first kappa shape index (κ1) is 17.1. The third kappa shape index (κ3) is 13.7. The maximum absolute atomic E-state index is 9.89.